The molecular weight excluding hydrogens is 336 g/mol. The van der Waals surface area contributed by atoms with Crippen LogP contribution in [0.2, 0.25) is 0 Å². The van der Waals surface area contributed by atoms with Crippen LogP contribution in [0, 0.1) is 6.92 Å². The zero-order chi connectivity index (χ0) is 18.4. The maximum absolute atomic E-state index is 12.4. The molecule has 1 N–H and O–H groups in total. The Labute approximate surface area is 149 Å². The zero-order valence-electron chi connectivity index (χ0n) is 14.8. The second-order valence-electron chi connectivity index (χ2n) is 6.09. The van der Waals surface area contributed by atoms with Crippen molar-refractivity contribution >= 4 is 21.6 Å². The first-order valence-electron chi connectivity index (χ1n) is 8.15. The van der Waals surface area contributed by atoms with Gasteiger partial charge in [0.05, 0.1) is 17.5 Å². The minimum Gasteiger partial charge on any atom is -0.352 e. The van der Waals surface area contributed by atoms with Gasteiger partial charge in [-0.25, -0.2) is 8.42 Å². The Morgan fingerprint density at radius 1 is 1.08 bits per heavy atom. The summed E-state index contributed by atoms with van der Waals surface area (Å²) in [5.41, 5.74) is 3.19. The summed E-state index contributed by atoms with van der Waals surface area (Å²) >= 11 is 0. The van der Waals surface area contributed by atoms with E-state index in [0.717, 1.165) is 23.4 Å². The molecule has 0 heterocycles. The van der Waals surface area contributed by atoms with E-state index in [1.807, 2.05) is 0 Å². The summed E-state index contributed by atoms with van der Waals surface area (Å²) in [6, 6.07) is 15.0. The SMILES string of the molecule is Cc1ccc(CCCNC(=O)c2ccccc2N(C)S(C)(=O)=O)cc1. The minimum atomic E-state index is -3.42. The number of carbonyl (C=O) groups excluding carboxylic acids is 1. The van der Waals surface area contributed by atoms with Gasteiger partial charge in [-0.2, -0.15) is 0 Å². The van der Waals surface area contributed by atoms with Gasteiger partial charge in [-0.15, -0.1) is 0 Å². The quantitative estimate of drug-likeness (QED) is 0.772. The molecule has 0 aliphatic rings. The number of hydrogen-bond acceptors (Lipinski definition) is 3. The van der Waals surface area contributed by atoms with Crippen LogP contribution in [-0.2, 0) is 16.4 Å². The second-order valence-corrected chi connectivity index (χ2v) is 8.11. The van der Waals surface area contributed by atoms with Crippen molar-refractivity contribution in [3.8, 4) is 0 Å². The van der Waals surface area contributed by atoms with Gasteiger partial charge in [-0.05, 0) is 37.5 Å². The fraction of sp³-hybridized carbons (Fsp3) is 0.316. The average Bonchev–Trinajstić information content (AvgIpc) is 2.58. The smallest absolute Gasteiger partial charge is 0.253 e. The van der Waals surface area contributed by atoms with Crippen LogP contribution in [0.5, 0.6) is 0 Å². The number of aryl methyl sites for hydroxylation is 2. The predicted molar refractivity (Wildman–Crippen MR) is 102 cm³/mol. The van der Waals surface area contributed by atoms with Crippen LogP contribution in [-0.4, -0.2) is 34.2 Å². The fourth-order valence-corrected chi connectivity index (χ4v) is 2.98. The molecule has 0 radical (unpaired) electrons. The normalized spacial score (nSPS) is 11.2. The van der Waals surface area contributed by atoms with E-state index in [-0.39, 0.29) is 5.91 Å². The monoisotopic (exact) mass is 360 g/mol. The third-order valence-electron chi connectivity index (χ3n) is 4.03. The van der Waals surface area contributed by atoms with Crippen molar-refractivity contribution in [2.24, 2.45) is 0 Å². The van der Waals surface area contributed by atoms with E-state index < -0.39 is 10.0 Å². The molecule has 134 valence electrons. The molecule has 25 heavy (non-hydrogen) atoms. The van der Waals surface area contributed by atoms with Gasteiger partial charge in [0.25, 0.3) is 5.91 Å². The lowest BCUT2D eigenvalue weighted by Gasteiger charge is -2.19. The van der Waals surface area contributed by atoms with Crippen LogP contribution in [0.15, 0.2) is 48.5 Å². The highest BCUT2D eigenvalue weighted by molar-refractivity contribution is 7.92. The lowest BCUT2D eigenvalue weighted by molar-refractivity contribution is 0.0954. The fourth-order valence-electron chi connectivity index (χ4n) is 2.46. The molecule has 0 bridgehead atoms. The van der Waals surface area contributed by atoms with E-state index >= 15 is 0 Å². The maximum Gasteiger partial charge on any atom is 0.253 e. The van der Waals surface area contributed by atoms with E-state index in [2.05, 4.69) is 36.5 Å². The van der Waals surface area contributed by atoms with E-state index in [4.69, 9.17) is 0 Å². The summed E-state index contributed by atoms with van der Waals surface area (Å²) in [4.78, 5) is 12.4. The van der Waals surface area contributed by atoms with Gasteiger partial charge in [0.2, 0.25) is 10.0 Å². The summed E-state index contributed by atoms with van der Waals surface area (Å²) in [6.45, 7) is 2.58. The van der Waals surface area contributed by atoms with Gasteiger partial charge in [-0.3, -0.25) is 9.10 Å². The highest BCUT2D eigenvalue weighted by Crippen LogP contribution is 2.21. The lowest BCUT2D eigenvalue weighted by Crippen LogP contribution is -2.30. The van der Waals surface area contributed by atoms with Crippen molar-refractivity contribution in [1.29, 1.82) is 0 Å². The van der Waals surface area contributed by atoms with E-state index in [0.29, 0.717) is 17.8 Å². The standard InChI is InChI=1S/C19H24N2O3S/c1-15-10-12-16(13-11-15)7-6-14-20-19(22)17-8-4-5-9-18(17)21(2)25(3,23)24/h4-5,8-13H,6-7,14H2,1-3H3,(H,20,22). The van der Waals surface area contributed by atoms with E-state index in [1.54, 1.807) is 24.3 Å². The number of para-hydroxylation sites is 1. The Morgan fingerprint density at radius 3 is 2.36 bits per heavy atom. The van der Waals surface area contributed by atoms with Crippen molar-refractivity contribution in [1.82, 2.24) is 5.32 Å². The van der Waals surface area contributed by atoms with Crippen LogP contribution in [0.4, 0.5) is 5.69 Å². The molecule has 0 aliphatic heterocycles. The van der Waals surface area contributed by atoms with E-state index in [9.17, 15) is 13.2 Å². The number of rotatable bonds is 7. The largest absolute Gasteiger partial charge is 0.352 e. The van der Waals surface area contributed by atoms with Crippen LogP contribution in [0.3, 0.4) is 0 Å². The molecule has 0 saturated heterocycles. The third-order valence-corrected chi connectivity index (χ3v) is 5.23. The highest BCUT2D eigenvalue weighted by Gasteiger charge is 2.18. The van der Waals surface area contributed by atoms with Crippen LogP contribution >= 0.6 is 0 Å². The predicted octanol–water partition coefficient (Wildman–Crippen LogP) is 2.75. The number of carbonyl (C=O) groups is 1. The van der Waals surface area contributed by atoms with Crippen LogP contribution in [0.25, 0.3) is 0 Å². The first-order chi connectivity index (χ1) is 11.8. The molecule has 6 heteroatoms. The lowest BCUT2D eigenvalue weighted by atomic mass is 10.1. The Morgan fingerprint density at radius 2 is 1.72 bits per heavy atom. The molecule has 2 aromatic carbocycles. The Hall–Kier alpha value is -2.34. The molecule has 2 rings (SSSR count). The molecule has 0 aromatic heterocycles. The van der Waals surface area contributed by atoms with Crippen LogP contribution < -0.4 is 9.62 Å². The Balaban J connectivity index is 1.96. The van der Waals surface area contributed by atoms with Crippen molar-refractivity contribution < 1.29 is 13.2 Å². The molecule has 1 amide bonds. The molecule has 0 spiro atoms. The third kappa shape index (κ3) is 5.32. The number of benzene rings is 2. The summed E-state index contributed by atoms with van der Waals surface area (Å²) < 4.78 is 24.6. The molecule has 2 aromatic rings. The van der Waals surface area contributed by atoms with Crippen LogP contribution in [0.1, 0.15) is 27.9 Å². The van der Waals surface area contributed by atoms with E-state index in [1.165, 1.54) is 18.2 Å². The molecule has 0 atom stereocenters. The van der Waals surface area contributed by atoms with Gasteiger partial charge in [0.15, 0.2) is 0 Å². The van der Waals surface area contributed by atoms with Crippen molar-refractivity contribution in [3.63, 3.8) is 0 Å². The first-order valence-corrected chi connectivity index (χ1v) is 10.0. The molecule has 0 unspecified atom stereocenters. The maximum atomic E-state index is 12.4. The summed E-state index contributed by atoms with van der Waals surface area (Å²) in [6.07, 6.45) is 2.81. The molecule has 0 aliphatic carbocycles. The first kappa shape index (κ1) is 19.0. The summed E-state index contributed by atoms with van der Waals surface area (Å²) in [7, 11) is -1.98. The summed E-state index contributed by atoms with van der Waals surface area (Å²) in [5, 5.41) is 2.87. The number of amides is 1. The number of anilines is 1. The molecular formula is C19H24N2O3S. The number of nitrogens with one attached hydrogen (secondary N) is 1. The number of hydrogen-bond donors (Lipinski definition) is 1. The zero-order valence-corrected chi connectivity index (χ0v) is 15.6. The van der Waals surface area contributed by atoms with Gasteiger partial charge < -0.3 is 5.32 Å². The Bertz CT molecular complexity index is 830. The number of sulfonamides is 1. The van der Waals surface area contributed by atoms with Gasteiger partial charge >= 0.3 is 0 Å². The molecule has 0 saturated carbocycles. The second kappa shape index (κ2) is 8.16. The average molecular weight is 360 g/mol. The van der Waals surface area contributed by atoms with Gasteiger partial charge in [-0.1, -0.05) is 42.0 Å². The van der Waals surface area contributed by atoms with Gasteiger partial charge in [0, 0.05) is 13.6 Å². The minimum absolute atomic E-state index is 0.269. The molecule has 5 nitrogen and oxygen atoms in total. The number of nitrogens with zero attached hydrogens (tertiary/aromatic N) is 1. The van der Waals surface area contributed by atoms with Crippen molar-refractivity contribution in [3.05, 3.63) is 65.2 Å². The topological polar surface area (TPSA) is 66.5 Å². The Kier molecular flexibility index (Phi) is 6.20. The van der Waals surface area contributed by atoms with Gasteiger partial charge in [0.1, 0.15) is 0 Å². The van der Waals surface area contributed by atoms with Crippen molar-refractivity contribution in [2.75, 3.05) is 24.2 Å². The highest BCUT2D eigenvalue weighted by atomic mass is 32.2. The molecule has 0 fully saturated rings. The summed E-state index contributed by atoms with van der Waals surface area (Å²) in [5.74, 6) is -0.269. The van der Waals surface area contributed by atoms with Crippen molar-refractivity contribution in [2.45, 2.75) is 19.8 Å².